The number of hydrogen-bond acceptors (Lipinski definition) is 3. The zero-order valence-electron chi connectivity index (χ0n) is 7.50. The Bertz CT molecular complexity index is 407. The van der Waals surface area contributed by atoms with E-state index in [1.54, 1.807) is 12.1 Å². The van der Waals surface area contributed by atoms with Crippen molar-refractivity contribution in [3.63, 3.8) is 0 Å². The van der Waals surface area contributed by atoms with E-state index in [4.69, 9.17) is 10.5 Å². The fourth-order valence-corrected chi connectivity index (χ4v) is 2.34. The number of primary amides is 1. The molecule has 0 saturated heterocycles. The smallest absolute Gasteiger partial charge is 0.255 e. The first kappa shape index (κ1) is 12.2. The average molecular weight is 337 g/mol. The van der Waals surface area contributed by atoms with Gasteiger partial charge in [-0.1, -0.05) is 15.9 Å². The van der Waals surface area contributed by atoms with Crippen molar-refractivity contribution in [2.45, 2.75) is 0 Å². The maximum Gasteiger partial charge on any atom is 0.255 e. The first-order valence-corrected chi connectivity index (χ1v) is 5.48. The van der Waals surface area contributed by atoms with Gasteiger partial charge in [-0.2, -0.15) is 0 Å². The van der Waals surface area contributed by atoms with E-state index in [0.29, 0.717) is 22.1 Å². The lowest BCUT2D eigenvalue weighted by Crippen LogP contribution is -2.20. The van der Waals surface area contributed by atoms with Crippen molar-refractivity contribution in [2.24, 2.45) is 5.73 Å². The van der Waals surface area contributed by atoms with Crippen LogP contribution in [0.1, 0.15) is 10.4 Å². The van der Waals surface area contributed by atoms with E-state index in [1.165, 1.54) is 0 Å². The van der Waals surface area contributed by atoms with Crippen molar-refractivity contribution >= 4 is 44.1 Å². The maximum absolute atomic E-state index is 10.7. The minimum absolute atomic E-state index is 0.263. The highest BCUT2D eigenvalue weighted by molar-refractivity contribution is 9.11. The number of nitrogens with two attached hydrogens (primary N) is 1. The molecule has 15 heavy (non-hydrogen) atoms. The zero-order valence-corrected chi connectivity index (χ0v) is 10.7. The van der Waals surface area contributed by atoms with Gasteiger partial charge in [-0.15, -0.1) is 0 Å². The number of rotatable bonds is 4. The second-order valence-corrected chi connectivity index (χ2v) is 4.45. The van der Waals surface area contributed by atoms with Gasteiger partial charge in [0.25, 0.3) is 5.91 Å². The van der Waals surface area contributed by atoms with Gasteiger partial charge < -0.3 is 10.5 Å². The molecule has 6 heteroatoms. The lowest BCUT2D eigenvalue weighted by Gasteiger charge is -2.09. The molecule has 4 nitrogen and oxygen atoms in total. The Hall–Kier alpha value is -0.880. The van der Waals surface area contributed by atoms with Crippen molar-refractivity contribution < 1.29 is 14.3 Å². The normalized spacial score (nSPS) is 9.73. The Morgan fingerprint density at radius 2 is 2.13 bits per heavy atom. The Kier molecular flexibility index (Phi) is 4.28. The lowest BCUT2D eigenvalue weighted by atomic mass is 10.2. The largest absolute Gasteiger partial charge is 0.482 e. The third-order valence-corrected chi connectivity index (χ3v) is 2.57. The van der Waals surface area contributed by atoms with Crippen LogP contribution in [0.4, 0.5) is 0 Å². The Morgan fingerprint density at radius 1 is 1.47 bits per heavy atom. The molecule has 1 rings (SSSR count). The standard InChI is InChI=1S/C9H7Br2NO3/c10-6-1-5(3-13)9(7(11)2-6)15-4-8(12)14/h1-3H,4H2,(H2,12,14). The number of aldehydes is 1. The molecule has 0 fully saturated rings. The molecule has 0 spiro atoms. The van der Waals surface area contributed by atoms with Gasteiger partial charge in [0.15, 0.2) is 12.9 Å². The van der Waals surface area contributed by atoms with Crippen LogP contribution in [0, 0.1) is 0 Å². The summed E-state index contributed by atoms with van der Waals surface area (Å²) < 4.78 is 6.42. The summed E-state index contributed by atoms with van der Waals surface area (Å²) in [6.07, 6.45) is 0.645. The molecule has 0 unspecified atom stereocenters. The fourth-order valence-electron chi connectivity index (χ4n) is 0.963. The number of ether oxygens (including phenoxy) is 1. The third kappa shape index (κ3) is 3.32. The first-order valence-electron chi connectivity index (χ1n) is 3.90. The van der Waals surface area contributed by atoms with Gasteiger partial charge >= 0.3 is 0 Å². The van der Waals surface area contributed by atoms with Crippen LogP contribution in [0.5, 0.6) is 5.75 Å². The molecule has 80 valence electrons. The molecule has 1 aromatic carbocycles. The quantitative estimate of drug-likeness (QED) is 0.853. The molecule has 1 aromatic rings. The number of hydrogen-bond donors (Lipinski definition) is 1. The van der Waals surface area contributed by atoms with Crippen molar-refractivity contribution in [2.75, 3.05) is 6.61 Å². The topological polar surface area (TPSA) is 69.4 Å². The van der Waals surface area contributed by atoms with Gasteiger partial charge in [0.2, 0.25) is 0 Å². The summed E-state index contributed by atoms with van der Waals surface area (Å²) >= 11 is 6.45. The van der Waals surface area contributed by atoms with E-state index in [2.05, 4.69) is 31.9 Å². The number of carbonyl (C=O) groups is 2. The van der Waals surface area contributed by atoms with Crippen LogP contribution in [0.2, 0.25) is 0 Å². The highest BCUT2D eigenvalue weighted by Crippen LogP contribution is 2.31. The molecular weight excluding hydrogens is 330 g/mol. The molecule has 0 aliphatic heterocycles. The molecule has 0 heterocycles. The van der Waals surface area contributed by atoms with Crippen LogP contribution < -0.4 is 10.5 Å². The first-order chi connectivity index (χ1) is 7.04. The average Bonchev–Trinajstić information content (AvgIpc) is 2.14. The summed E-state index contributed by atoms with van der Waals surface area (Å²) in [7, 11) is 0. The molecule has 0 aliphatic rings. The number of halogens is 2. The highest BCUT2D eigenvalue weighted by atomic mass is 79.9. The van der Waals surface area contributed by atoms with E-state index in [-0.39, 0.29) is 6.61 Å². The molecule has 2 N–H and O–H groups in total. The van der Waals surface area contributed by atoms with Crippen LogP contribution >= 0.6 is 31.9 Å². The second-order valence-electron chi connectivity index (χ2n) is 2.68. The van der Waals surface area contributed by atoms with Crippen LogP contribution in [-0.2, 0) is 4.79 Å². The summed E-state index contributed by atoms with van der Waals surface area (Å²) in [5.41, 5.74) is 5.28. The molecule has 0 bridgehead atoms. The Labute approximate surface area is 103 Å². The highest BCUT2D eigenvalue weighted by Gasteiger charge is 2.10. The summed E-state index contributed by atoms with van der Waals surface area (Å²) in [5, 5.41) is 0. The monoisotopic (exact) mass is 335 g/mol. The predicted molar refractivity (Wildman–Crippen MR) is 61.9 cm³/mol. The van der Waals surface area contributed by atoms with Gasteiger partial charge in [-0.3, -0.25) is 9.59 Å². The minimum atomic E-state index is -0.596. The van der Waals surface area contributed by atoms with Gasteiger partial charge in [-0.05, 0) is 28.1 Å². The molecule has 1 amide bonds. The van der Waals surface area contributed by atoms with Crippen molar-refractivity contribution in [3.05, 3.63) is 26.6 Å². The summed E-state index contributed by atoms with van der Waals surface area (Å²) in [4.78, 5) is 21.3. The van der Waals surface area contributed by atoms with Gasteiger partial charge in [0, 0.05) is 4.47 Å². The second kappa shape index (κ2) is 5.27. The summed E-state index contributed by atoms with van der Waals surface area (Å²) in [6.45, 7) is -0.263. The molecule has 0 aromatic heterocycles. The van der Waals surface area contributed by atoms with E-state index in [1.807, 2.05) is 0 Å². The van der Waals surface area contributed by atoms with Gasteiger partial charge in [-0.25, -0.2) is 0 Å². The van der Waals surface area contributed by atoms with Gasteiger partial charge in [0.1, 0.15) is 5.75 Å². The molecule has 0 aliphatic carbocycles. The third-order valence-electron chi connectivity index (χ3n) is 1.52. The predicted octanol–water partition coefficient (Wildman–Crippen LogP) is 1.89. The van der Waals surface area contributed by atoms with Gasteiger partial charge in [0.05, 0.1) is 10.0 Å². The molecule has 0 atom stereocenters. The van der Waals surface area contributed by atoms with Crippen LogP contribution in [0.15, 0.2) is 21.1 Å². The van der Waals surface area contributed by atoms with Crippen molar-refractivity contribution in [1.29, 1.82) is 0 Å². The van der Waals surface area contributed by atoms with Crippen molar-refractivity contribution in [1.82, 2.24) is 0 Å². The van der Waals surface area contributed by atoms with E-state index in [0.717, 1.165) is 4.47 Å². The SMILES string of the molecule is NC(=O)COc1c(Br)cc(Br)cc1C=O. The van der Waals surface area contributed by atoms with Crippen molar-refractivity contribution in [3.8, 4) is 5.75 Å². The number of amides is 1. The lowest BCUT2D eigenvalue weighted by molar-refractivity contribution is -0.119. The molecule has 0 radical (unpaired) electrons. The van der Waals surface area contributed by atoms with E-state index < -0.39 is 5.91 Å². The fraction of sp³-hybridized carbons (Fsp3) is 0.111. The summed E-state index contributed by atoms with van der Waals surface area (Å²) in [5.74, 6) is -0.284. The van der Waals surface area contributed by atoms with Crippen LogP contribution in [0.3, 0.4) is 0 Å². The Morgan fingerprint density at radius 3 is 2.67 bits per heavy atom. The molecule has 0 saturated carbocycles. The number of benzene rings is 1. The van der Waals surface area contributed by atoms with E-state index >= 15 is 0 Å². The zero-order chi connectivity index (χ0) is 11.4. The van der Waals surface area contributed by atoms with Crippen LogP contribution in [-0.4, -0.2) is 18.8 Å². The maximum atomic E-state index is 10.7. The summed E-state index contributed by atoms with van der Waals surface area (Å²) in [6, 6.07) is 3.30. The van der Waals surface area contributed by atoms with E-state index in [9.17, 15) is 9.59 Å². The molecular formula is C9H7Br2NO3. The Balaban J connectivity index is 3.04. The number of carbonyl (C=O) groups excluding carboxylic acids is 2. The van der Waals surface area contributed by atoms with Crippen LogP contribution in [0.25, 0.3) is 0 Å². The minimum Gasteiger partial charge on any atom is -0.482 e.